The second-order valence-corrected chi connectivity index (χ2v) is 13.5. The number of amides is 2. The maximum Gasteiger partial charge on any atom is 0.251 e. The highest BCUT2D eigenvalue weighted by molar-refractivity contribution is 6.17. The summed E-state index contributed by atoms with van der Waals surface area (Å²) in [6, 6.07) is 7.43. The van der Waals surface area contributed by atoms with Crippen molar-refractivity contribution in [1.82, 2.24) is 15.1 Å². The Balaban J connectivity index is 1.64. The molecule has 6 atom stereocenters. The minimum absolute atomic E-state index is 0.0264. The Hall–Kier alpha value is -4.30. The molecule has 252 valence electrons. The maximum atomic E-state index is 14.4. The third kappa shape index (κ3) is 5.46. The predicted molar refractivity (Wildman–Crippen MR) is 174 cm³/mol. The number of nitrogens with zero attached hydrogens (tertiary/aromatic N) is 3. The molecule has 13 nitrogen and oxygen atoms in total. The number of aromatic hydroxyl groups is 1. The van der Waals surface area contributed by atoms with Crippen LogP contribution in [0, 0.1) is 17.8 Å². The van der Waals surface area contributed by atoms with Crippen LogP contribution in [0.5, 0.6) is 5.75 Å². The molecule has 0 spiro atoms. The van der Waals surface area contributed by atoms with E-state index in [2.05, 4.69) is 5.32 Å². The first-order valence-corrected chi connectivity index (χ1v) is 15.5. The summed E-state index contributed by atoms with van der Waals surface area (Å²) in [5, 5.41) is 49.3. The number of ketones is 2. The number of hydrogen-bond donors (Lipinski definition) is 6. The second-order valence-electron chi connectivity index (χ2n) is 13.5. The fourth-order valence-electron chi connectivity index (χ4n) is 7.60. The summed E-state index contributed by atoms with van der Waals surface area (Å²) in [7, 11) is 10.6. The zero-order valence-corrected chi connectivity index (χ0v) is 27.4. The van der Waals surface area contributed by atoms with Crippen LogP contribution in [0.25, 0.3) is 11.1 Å². The van der Waals surface area contributed by atoms with Gasteiger partial charge in [-0.3, -0.25) is 19.2 Å². The summed E-state index contributed by atoms with van der Waals surface area (Å²) in [5.74, 6) is -8.23. The summed E-state index contributed by atoms with van der Waals surface area (Å²) in [4.78, 5) is 58.5. The number of carbonyl (C=O) groups excluding carboxylic acids is 4. The van der Waals surface area contributed by atoms with Crippen molar-refractivity contribution < 1.29 is 39.6 Å². The minimum Gasteiger partial charge on any atom is -0.508 e. The quantitative estimate of drug-likeness (QED) is 0.215. The van der Waals surface area contributed by atoms with Gasteiger partial charge in [0.2, 0.25) is 5.91 Å². The SMILES string of the molecule is CN(C)CCNC(=O)c1cccc(-c2cc(N(C)C)c3c(c2O)C(=O)C2=C(O)[C@]4(O)C(=O)C(C(N)=O)C(O)[C@@H](N(C)C)[C@@H]4C[C@@H]2C3)c1. The Bertz CT molecular complexity index is 1680. The topological polar surface area (TPSA) is 197 Å². The van der Waals surface area contributed by atoms with E-state index < -0.39 is 58.7 Å². The zero-order chi connectivity index (χ0) is 34.7. The average Bonchev–Trinajstić information content (AvgIpc) is 2.98. The van der Waals surface area contributed by atoms with E-state index in [9.17, 15) is 39.6 Å². The summed E-state index contributed by atoms with van der Waals surface area (Å²) in [6.45, 7) is 1.08. The van der Waals surface area contributed by atoms with E-state index in [1.165, 1.54) is 0 Å². The van der Waals surface area contributed by atoms with Gasteiger partial charge in [0, 0.05) is 61.5 Å². The van der Waals surface area contributed by atoms with E-state index in [1.807, 2.05) is 19.0 Å². The van der Waals surface area contributed by atoms with Crippen molar-refractivity contribution in [3.8, 4) is 16.9 Å². The van der Waals surface area contributed by atoms with E-state index in [4.69, 9.17) is 5.73 Å². The first-order valence-electron chi connectivity index (χ1n) is 15.5. The first-order chi connectivity index (χ1) is 22.0. The summed E-state index contributed by atoms with van der Waals surface area (Å²) in [5.41, 5.74) is 4.73. The molecule has 7 N–H and O–H groups in total. The first kappa shape index (κ1) is 34.0. The molecule has 1 saturated carbocycles. The third-order valence-electron chi connectivity index (χ3n) is 9.83. The number of carbonyl (C=O) groups is 4. The Morgan fingerprint density at radius 1 is 1.06 bits per heavy atom. The fraction of sp³-hybridized carbons (Fsp3) is 0.471. The normalized spacial score (nSPS) is 27.0. The number of hydrogen-bond acceptors (Lipinski definition) is 11. The van der Waals surface area contributed by atoms with Crippen LogP contribution < -0.4 is 16.0 Å². The molecule has 0 saturated heterocycles. The standard InChI is InChI=1S/C34H43N5O8/c1-37(2)11-10-36-33(46)17-9-7-8-16(12-17)19-15-22(38(3)4)20-13-18-14-21-26(39(5)6)29(42)25(32(35)45)31(44)34(21,47)30(43)23(18)28(41)24(20)27(19)40/h7-9,12,15,18,21,25-26,29,40,42-43,47H,10-11,13-14H2,1-6H3,(H2,35,45)(H,36,46)/t18-,21-,25?,26-,29?,34-/m0/s1. The van der Waals surface area contributed by atoms with E-state index in [-0.39, 0.29) is 41.2 Å². The molecule has 13 heteroatoms. The number of aliphatic hydroxyl groups is 3. The molecule has 5 rings (SSSR count). The van der Waals surface area contributed by atoms with Gasteiger partial charge in [-0.1, -0.05) is 12.1 Å². The third-order valence-corrected chi connectivity index (χ3v) is 9.83. The summed E-state index contributed by atoms with van der Waals surface area (Å²) in [6.07, 6.45) is -1.35. The van der Waals surface area contributed by atoms with E-state index >= 15 is 0 Å². The number of aliphatic hydroxyl groups excluding tert-OH is 2. The van der Waals surface area contributed by atoms with Gasteiger partial charge in [0.25, 0.3) is 5.91 Å². The summed E-state index contributed by atoms with van der Waals surface area (Å²) >= 11 is 0. The number of benzene rings is 2. The van der Waals surface area contributed by atoms with Crippen LogP contribution in [0.15, 0.2) is 41.7 Å². The van der Waals surface area contributed by atoms with Crippen LogP contribution in [-0.4, -0.2) is 127 Å². The number of Topliss-reactive ketones (excluding diaryl/α,β-unsaturated/α-hetero) is 2. The van der Waals surface area contributed by atoms with E-state index in [1.54, 1.807) is 68.3 Å². The Kier molecular flexibility index (Phi) is 8.97. The van der Waals surface area contributed by atoms with Crippen LogP contribution in [0.4, 0.5) is 5.69 Å². The van der Waals surface area contributed by atoms with Gasteiger partial charge in [-0.25, -0.2) is 0 Å². The van der Waals surface area contributed by atoms with Gasteiger partial charge in [-0.2, -0.15) is 0 Å². The molecule has 1 fully saturated rings. The monoisotopic (exact) mass is 649 g/mol. The number of nitrogens with two attached hydrogens (primary N) is 1. The van der Waals surface area contributed by atoms with Crippen LogP contribution in [0.1, 0.15) is 32.7 Å². The van der Waals surface area contributed by atoms with Crippen molar-refractivity contribution >= 4 is 29.1 Å². The van der Waals surface area contributed by atoms with Gasteiger partial charge < -0.3 is 46.2 Å². The molecule has 0 aromatic heterocycles. The number of phenolic OH excluding ortho intramolecular Hbond substituents is 1. The van der Waals surface area contributed by atoms with Crippen molar-refractivity contribution in [3.05, 3.63) is 58.4 Å². The number of allylic oxidation sites excluding steroid dienone is 1. The van der Waals surface area contributed by atoms with Crippen molar-refractivity contribution in [3.63, 3.8) is 0 Å². The molecule has 0 radical (unpaired) electrons. The fourth-order valence-corrected chi connectivity index (χ4v) is 7.60. The van der Waals surface area contributed by atoms with Gasteiger partial charge in [0.1, 0.15) is 17.4 Å². The lowest BCUT2D eigenvalue weighted by Crippen LogP contribution is -2.71. The lowest BCUT2D eigenvalue weighted by molar-refractivity contribution is -0.178. The Morgan fingerprint density at radius 3 is 2.34 bits per heavy atom. The number of primary amides is 1. The molecule has 0 aliphatic heterocycles. The lowest BCUT2D eigenvalue weighted by atomic mass is 9.56. The van der Waals surface area contributed by atoms with Gasteiger partial charge in [-0.15, -0.1) is 0 Å². The molecule has 47 heavy (non-hydrogen) atoms. The average molecular weight is 650 g/mol. The molecule has 3 aliphatic carbocycles. The molecular weight excluding hydrogens is 606 g/mol. The summed E-state index contributed by atoms with van der Waals surface area (Å²) < 4.78 is 0. The molecule has 2 amide bonds. The molecule has 3 aliphatic rings. The van der Waals surface area contributed by atoms with E-state index in [0.717, 1.165) is 0 Å². The van der Waals surface area contributed by atoms with Crippen LogP contribution in [0.2, 0.25) is 0 Å². The number of fused-ring (bicyclic) bond motifs is 3. The highest BCUT2D eigenvalue weighted by Crippen LogP contribution is 2.54. The number of likely N-dealkylation sites (N-methyl/N-ethyl adjacent to an activating group) is 2. The van der Waals surface area contributed by atoms with Gasteiger partial charge >= 0.3 is 0 Å². The van der Waals surface area contributed by atoms with Crippen molar-refractivity contribution in [2.45, 2.75) is 30.6 Å². The van der Waals surface area contributed by atoms with Crippen molar-refractivity contribution in [2.75, 3.05) is 60.3 Å². The number of phenols is 1. The van der Waals surface area contributed by atoms with Gasteiger partial charge in [0.15, 0.2) is 17.2 Å². The predicted octanol–water partition coefficient (Wildman–Crippen LogP) is 0.310. The van der Waals surface area contributed by atoms with Crippen molar-refractivity contribution in [1.29, 1.82) is 0 Å². The molecule has 2 unspecified atom stereocenters. The van der Waals surface area contributed by atoms with Gasteiger partial charge in [0.05, 0.1) is 11.7 Å². The number of nitrogens with one attached hydrogen (secondary N) is 1. The highest BCUT2D eigenvalue weighted by atomic mass is 16.4. The van der Waals surface area contributed by atoms with E-state index in [0.29, 0.717) is 35.5 Å². The molecule has 0 heterocycles. The molecular formula is C34H43N5O8. The van der Waals surface area contributed by atoms with Crippen LogP contribution in [-0.2, 0) is 16.0 Å². The maximum absolute atomic E-state index is 14.4. The molecule has 2 aromatic carbocycles. The Morgan fingerprint density at radius 2 is 1.74 bits per heavy atom. The van der Waals surface area contributed by atoms with Crippen LogP contribution in [0.3, 0.4) is 0 Å². The molecule has 2 aromatic rings. The van der Waals surface area contributed by atoms with Crippen LogP contribution >= 0.6 is 0 Å². The lowest BCUT2D eigenvalue weighted by Gasteiger charge is -2.53. The largest absolute Gasteiger partial charge is 0.508 e. The highest BCUT2D eigenvalue weighted by Gasteiger charge is 2.66. The van der Waals surface area contributed by atoms with Gasteiger partial charge in [-0.05, 0) is 76.3 Å². The zero-order valence-electron chi connectivity index (χ0n) is 27.4. The minimum atomic E-state index is -2.67. The number of rotatable bonds is 8. The second kappa shape index (κ2) is 12.4. The molecule has 0 bridgehead atoms. The number of anilines is 1. The Labute approximate surface area is 273 Å². The smallest absolute Gasteiger partial charge is 0.251 e. The van der Waals surface area contributed by atoms with Crippen molar-refractivity contribution in [2.24, 2.45) is 23.5 Å².